The van der Waals surface area contributed by atoms with Gasteiger partial charge in [0.2, 0.25) is 5.91 Å². The zero-order valence-corrected chi connectivity index (χ0v) is 11.7. The molecule has 0 aromatic rings. The van der Waals surface area contributed by atoms with E-state index in [1.807, 2.05) is 25.9 Å². The Labute approximate surface area is 113 Å². The number of carbonyl (C=O) groups excluding carboxylic acids is 2. The summed E-state index contributed by atoms with van der Waals surface area (Å²) in [4.78, 5) is 35.0. The van der Waals surface area contributed by atoms with Crippen molar-refractivity contribution in [2.75, 3.05) is 20.6 Å². The smallest absolute Gasteiger partial charge is 0.321 e. The molecule has 0 aliphatic carbocycles. The van der Waals surface area contributed by atoms with Gasteiger partial charge in [-0.15, -0.1) is 0 Å². The van der Waals surface area contributed by atoms with Crippen molar-refractivity contribution in [1.82, 2.24) is 15.5 Å². The first-order chi connectivity index (χ1) is 8.81. The normalized spacial score (nSPS) is 12.0. The first-order valence-electron chi connectivity index (χ1n) is 6.28. The number of imide groups is 1. The molecule has 1 unspecified atom stereocenters. The molecule has 0 aliphatic heterocycles. The fourth-order valence-electron chi connectivity index (χ4n) is 1.37. The number of carboxylic acids is 1. The second kappa shape index (κ2) is 9.32. The second-order valence-electron chi connectivity index (χ2n) is 4.76. The number of hydrogen-bond acceptors (Lipinski definition) is 4. The summed E-state index contributed by atoms with van der Waals surface area (Å²) < 4.78 is 0. The van der Waals surface area contributed by atoms with Crippen molar-refractivity contribution in [3.05, 3.63) is 0 Å². The zero-order chi connectivity index (χ0) is 14.8. The van der Waals surface area contributed by atoms with Gasteiger partial charge in [0, 0.05) is 18.9 Å². The molecular formula is C12H23N3O4. The summed E-state index contributed by atoms with van der Waals surface area (Å²) in [7, 11) is 3.89. The lowest BCUT2D eigenvalue weighted by Crippen LogP contribution is -2.44. The Morgan fingerprint density at radius 2 is 1.84 bits per heavy atom. The highest BCUT2D eigenvalue weighted by molar-refractivity contribution is 5.94. The van der Waals surface area contributed by atoms with Gasteiger partial charge >= 0.3 is 12.0 Å². The molecule has 19 heavy (non-hydrogen) atoms. The number of rotatable bonds is 8. The molecule has 0 heterocycles. The average Bonchev–Trinajstić information content (AvgIpc) is 2.25. The van der Waals surface area contributed by atoms with E-state index < -0.39 is 17.9 Å². The van der Waals surface area contributed by atoms with Crippen LogP contribution in [0.5, 0.6) is 0 Å². The Morgan fingerprint density at radius 1 is 1.21 bits per heavy atom. The number of urea groups is 1. The van der Waals surface area contributed by atoms with Crippen LogP contribution in [0, 0.1) is 0 Å². The maximum Gasteiger partial charge on any atom is 0.321 e. The van der Waals surface area contributed by atoms with Gasteiger partial charge in [-0.05, 0) is 40.4 Å². The van der Waals surface area contributed by atoms with Crippen LogP contribution < -0.4 is 10.6 Å². The molecule has 0 saturated heterocycles. The monoisotopic (exact) mass is 273 g/mol. The number of hydrogen-bond donors (Lipinski definition) is 3. The van der Waals surface area contributed by atoms with Crippen molar-refractivity contribution in [1.29, 1.82) is 0 Å². The summed E-state index contributed by atoms with van der Waals surface area (Å²) in [5.74, 6) is -1.41. The Bertz CT molecular complexity index is 318. The lowest BCUT2D eigenvalue weighted by atomic mass is 10.2. The highest BCUT2D eigenvalue weighted by atomic mass is 16.4. The molecule has 0 aliphatic rings. The maximum atomic E-state index is 11.4. The molecule has 0 saturated carbocycles. The molecule has 0 spiro atoms. The van der Waals surface area contributed by atoms with Crippen molar-refractivity contribution in [3.8, 4) is 0 Å². The SMILES string of the molecule is CC(CCN(C)C)NC(=O)NC(=O)CCCC(=O)O. The van der Waals surface area contributed by atoms with Crippen molar-refractivity contribution in [2.45, 2.75) is 38.6 Å². The van der Waals surface area contributed by atoms with Gasteiger partial charge in [-0.1, -0.05) is 0 Å². The first-order valence-corrected chi connectivity index (χ1v) is 6.28. The third-order valence-corrected chi connectivity index (χ3v) is 2.43. The van der Waals surface area contributed by atoms with Gasteiger partial charge in [0.05, 0.1) is 0 Å². The number of nitrogens with zero attached hydrogens (tertiary/aromatic N) is 1. The Kier molecular flexibility index (Phi) is 8.52. The molecule has 0 fully saturated rings. The van der Waals surface area contributed by atoms with Gasteiger partial charge < -0.3 is 15.3 Å². The lowest BCUT2D eigenvalue weighted by molar-refractivity contribution is -0.137. The van der Waals surface area contributed by atoms with E-state index >= 15 is 0 Å². The van der Waals surface area contributed by atoms with E-state index in [4.69, 9.17) is 5.11 Å². The predicted octanol–water partition coefficient (Wildman–Crippen LogP) is 0.407. The molecule has 7 nitrogen and oxygen atoms in total. The summed E-state index contributed by atoms with van der Waals surface area (Å²) in [6.45, 7) is 2.70. The topological polar surface area (TPSA) is 98.7 Å². The van der Waals surface area contributed by atoms with Crippen molar-refractivity contribution in [3.63, 3.8) is 0 Å². The standard InChI is InChI=1S/C12H23N3O4/c1-9(7-8-15(2)3)13-12(19)14-10(16)5-4-6-11(17)18/h9H,4-8H2,1-3H3,(H,17,18)(H2,13,14,16,19). The summed E-state index contributed by atoms with van der Waals surface area (Å²) in [6, 6.07) is -0.569. The van der Waals surface area contributed by atoms with E-state index in [1.165, 1.54) is 0 Å². The molecule has 110 valence electrons. The maximum absolute atomic E-state index is 11.4. The van der Waals surface area contributed by atoms with Crippen LogP contribution in [0.3, 0.4) is 0 Å². The predicted molar refractivity (Wildman–Crippen MR) is 70.8 cm³/mol. The number of carbonyl (C=O) groups is 3. The van der Waals surface area contributed by atoms with E-state index in [9.17, 15) is 14.4 Å². The van der Waals surface area contributed by atoms with Crippen LogP contribution in [0.4, 0.5) is 4.79 Å². The quantitative estimate of drug-likeness (QED) is 0.595. The van der Waals surface area contributed by atoms with Gasteiger partial charge in [0.25, 0.3) is 0 Å². The van der Waals surface area contributed by atoms with Gasteiger partial charge in [0.1, 0.15) is 0 Å². The van der Waals surface area contributed by atoms with Gasteiger partial charge in [-0.2, -0.15) is 0 Å². The van der Waals surface area contributed by atoms with Crippen LogP contribution in [0.25, 0.3) is 0 Å². The molecule has 3 amide bonds. The van der Waals surface area contributed by atoms with Gasteiger partial charge in [-0.3, -0.25) is 14.9 Å². The van der Waals surface area contributed by atoms with Crippen LogP contribution in [-0.4, -0.2) is 54.6 Å². The molecule has 0 aromatic heterocycles. The van der Waals surface area contributed by atoms with Gasteiger partial charge in [-0.25, -0.2) is 4.79 Å². The van der Waals surface area contributed by atoms with Crippen molar-refractivity contribution < 1.29 is 19.5 Å². The van der Waals surface area contributed by atoms with Crippen LogP contribution in [0.15, 0.2) is 0 Å². The fraction of sp³-hybridized carbons (Fsp3) is 0.750. The van der Waals surface area contributed by atoms with E-state index in [2.05, 4.69) is 10.6 Å². The highest BCUT2D eigenvalue weighted by Crippen LogP contribution is 1.95. The van der Waals surface area contributed by atoms with E-state index in [0.29, 0.717) is 0 Å². The highest BCUT2D eigenvalue weighted by Gasteiger charge is 2.11. The Balaban J connectivity index is 3.77. The molecule has 0 rings (SSSR count). The minimum Gasteiger partial charge on any atom is -0.481 e. The largest absolute Gasteiger partial charge is 0.481 e. The third-order valence-electron chi connectivity index (χ3n) is 2.43. The Hall–Kier alpha value is -1.63. The summed E-state index contributed by atoms with van der Waals surface area (Å²) in [6.07, 6.45) is 0.971. The lowest BCUT2D eigenvalue weighted by Gasteiger charge is -2.16. The van der Waals surface area contributed by atoms with Crippen molar-refractivity contribution in [2.24, 2.45) is 0 Å². The summed E-state index contributed by atoms with van der Waals surface area (Å²) in [5, 5.41) is 13.2. The number of amides is 3. The first kappa shape index (κ1) is 17.4. The molecule has 0 radical (unpaired) electrons. The minimum absolute atomic E-state index is 0.0331. The van der Waals surface area contributed by atoms with Crippen LogP contribution in [0.2, 0.25) is 0 Å². The average molecular weight is 273 g/mol. The van der Waals surface area contributed by atoms with Gasteiger partial charge in [0.15, 0.2) is 0 Å². The third kappa shape index (κ3) is 11.2. The van der Waals surface area contributed by atoms with Crippen LogP contribution in [0.1, 0.15) is 32.6 Å². The molecule has 0 bridgehead atoms. The van der Waals surface area contributed by atoms with E-state index in [0.717, 1.165) is 13.0 Å². The summed E-state index contributed by atoms with van der Waals surface area (Å²) in [5.41, 5.74) is 0. The zero-order valence-electron chi connectivity index (χ0n) is 11.7. The van der Waals surface area contributed by atoms with Crippen LogP contribution in [-0.2, 0) is 9.59 Å². The molecule has 0 aromatic carbocycles. The van der Waals surface area contributed by atoms with Crippen molar-refractivity contribution >= 4 is 17.9 Å². The second-order valence-corrected chi connectivity index (χ2v) is 4.76. The molecule has 3 N–H and O–H groups in total. The number of nitrogens with one attached hydrogen (secondary N) is 2. The van der Waals surface area contributed by atoms with E-state index in [1.54, 1.807) is 0 Å². The summed E-state index contributed by atoms with van der Waals surface area (Å²) >= 11 is 0. The molecule has 1 atom stereocenters. The Morgan fingerprint density at radius 3 is 2.37 bits per heavy atom. The number of carboxylic acid groups (broad SMARTS) is 1. The molecule has 7 heteroatoms. The fourth-order valence-corrected chi connectivity index (χ4v) is 1.37. The number of aliphatic carboxylic acids is 1. The van der Waals surface area contributed by atoms with E-state index in [-0.39, 0.29) is 25.3 Å². The molecular weight excluding hydrogens is 250 g/mol. The minimum atomic E-state index is -0.949. The van der Waals surface area contributed by atoms with Crippen LogP contribution >= 0.6 is 0 Å².